The summed E-state index contributed by atoms with van der Waals surface area (Å²) in [5.41, 5.74) is 1.13. The number of benzene rings is 2. The molecule has 5 rings (SSSR count). The fraction of sp³-hybridized carbons (Fsp3) is 0.0455. The van der Waals surface area contributed by atoms with Crippen molar-refractivity contribution >= 4 is 45.9 Å². The molecule has 0 radical (unpaired) electrons. The van der Waals surface area contributed by atoms with E-state index in [1.165, 1.54) is 11.1 Å². The van der Waals surface area contributed by atoms with Crippen molar-refractivity contribution < 1.29 is 9.21 Å². The summed E-state index contributed by atoms with van der Waals surface area (Å²) in [6, 6.07) is 16.5. The molecule has 5 nitrogen and oxygen atoms in total. The SMILES string of the molecule is O=C1c2oc3ccccc3c(=O)c2C(c2ccc(Cl)cc2)N1c1ccc(Cl)cn1. The van der Waals surface area contributed by atoms with Gasteiger partial charge in [-0.3, -0.25) is 14.5 Å². The van der Waals surface area contributed by atoms with Crippen molar-refractivity contribution in [2.24, 2.45) is 0 Å². The molecule has 0 saturated heterocycles. The van der Waals surface area contributed by atoms with Crippen molar-refractivity contribution in [2.45, 2.75) is 6.04 Å². The van der Waals surface area contributed by atoms with Crippen LogP contribution in [0.25, 0.3) is 11.0 Å². The van der Waals surface area contributed by atoms with Crippen molar-refractivity contribution in [3.8, 4) is 0 Å². The lowest BCUT2D eigenvalue weighted by Gasteiger charge is -2.24. The molecule has 2 aromatic carbocycles. The number of anilines is 1. The number of hydrogen-bond donors (Lipinski definition) is 0. The van der Waals surface area contributed by atoms with E-state index in [9.17, 15) is 9.59 Å². The van der Waals surface area contributed by atoms with E-state index < -0.39 is 11.9 Å². The molecule has 0 N–H and O–H groups in total. The minimum atomic E-state index is -0.690. The van der Waals surface area contributed by atoms with Crippen LogP contribution in [0.3, 0.4) is 0 Å². The smallest absolute Gasteiger partial charge is 0.296 e. The van der Waals surface area contributed by atoms with Gasteiger partial charge in [-0.1, -0.05) is 47.5 Å². The summed E-state index contributed by atoms with van der Waals surface area (Å²) in [5, 5.41) is 1.42. The fourth-order valence-corrected chi connectivity index (χ4v) is 3.86. The molecule has 29 heavy (non-hydrogen) atoms. The van der Waals surface area contributed by atoms with Crippen molar-refractivity contribution in [3.05, 3.63) is 104 Å². The molecule has 1 unspecified atom stereocenters. The molecule has 4 aromatic rings. The average Bonchev–Trinajstić information content (AvgIpc) is 3.02. The summed E-state index contributed by atoms with van der Waals surface area (Å²) in [4.78, 5) is 32.4. The van der Waals surface area contributed by atoms with E-state index in [1.807, 2.05) is 0 Å². The number of hydrogen-bond acceptors (Lipinski definition) is 4. The zero-order valence-electron chi connectivity index (χ0n) is 14.8. The molecular weight excluding hydrogens is 411 g/mol. The van der Waals surface area contributed by atoms with Crippen LogP contribution in [0.5, 0.6) is 0 Å². The summed E-state index contributed by atoms with van der Waals surface area (Å²) >= 11 is 12.0. The maximum Gasteiger partial charge on any atom is 0.296 e. The van der Waals surface area contributed by atoms with E-state index in [2.05, 4.69) is 4.98 Å². The maximum atomic E-state index is 13.3. The van der Waals surface area contributed by atoms with Crippen LogP contribution in [0.1, 0.15) is 27.7 Å². The third kappa shape index (κ3) is 2.82. The van der Waals surface area contributed by atoms with Crippen molar-refractivity contribution in [1.82, 2.24) is 4.98 Å². The molecule has 0 spiro atoms. The summed E-state index contributed by atoms with van der Waals surface area (Å²) in [6.07, 6.45) is 1.46. The maximum absolute atomic E-state index is 13.3. The Morgan fingerprint density at radius 2 is 1.62 bits per heavy atom. The Morgan fingerprint density at radius 1 is 0.897 bits per heavy atom. The molecule has 0 saturated carbocycles. The number of aromatic nitrogens is 1. The third-order valence-electron chi connectivity index (χ3n) is 4.92. The van der Waals surface area contributed by atoms with E-state index >= 15 is 0 Å². The number of halogens is 2. The van der Waals surface area contributed by atoms with Crippen LogP contribution in [0.15, 0.2) is 76.1 Å². The molecule has 3 heterocycles. The molecule has 0 aliphatic carbocycles. The highest BCUT2D eigenvalue weighted by molar-refractivity contribution is 6.30. The Bertz CT molecular complexity index is 1310. The Balaban J connectivity index is 1.81. The lowest BCUT2D eigenvalue weighted by molar-refractivity contribution is 0.0970. The zero-order valence-corrected chi connectivity index (χ0v) is 16.3. The van der Waals surface area contributed by atoms with Gasteiger partial charge in [0.15, 0.2) is 5.43 Å². The second-order valence-corrected chi connectivity index (χ2v) is 7.51. The third-order valence-corrected chi connectivity index (χ3v) is 5.40. The Labute approximate surface area is 175 Å². The Morgan fingerprint density at radius 3 is 2.34 bits per heavy atom. The molecule has 1 aliphatic heterocycles. The quantitative estimate of drug-likeness (QED) is 0.442. The minimum absolute atomic E-state index is 0.0189. The molecule has 2 aromatic heterocycles. The van der Waals surface area contributed by atoms with Gasteiger partial charge in [0.1, 0.15) is 11.4 Å². The molecular formula is C22H12Cl2N2O3. The second-order valence-electron chi connectivity index (χ2n) is 6.63. The summed E-state index contributed by atoms with van der Waals surface area (Å²) < 4.78 is 5.88. The van der Waals surface area contributed by atoms with Gasteiger partial charge in [-0.15, -0.1) is 0 Å². The van der Waals surface area contributed by atoms with Crippen LogP contribution >= 0.6 is 23.2 Å². The van der Waals surface area contributed by atoms with E-state index in [1.54, 1.807) is 60.7 Å². The van der Waals surface area contributed by atoms with Crippen LogP contribution in [0.4, 0.5) is 5.82 Å². The van der Waals surface area contributed by atoms with Crippen LogP contribution in [-0.2, 0) is 0 Å². The number of carbonyl (C=O) groups excluding carboxylic acids is 1. The second kappa shape index (κ2) is 6.72. The first-order valence-corrected chi connectivity index (χ1v) is 9.56. The zero-order chi connectivity index (χ0) is 20.1. The highest BCUT2D eigenvalue weighted by atomic mass is 35.5. The van der Waals surface area contributed by atoms with Gasteiger partial charge in [-0.05, 0) is 42.0 Å². The van der Waals surface area contributed by atoms with Gasteiger partial charge in [0.25, 0.3) is 5.91 Å². The lowest BCUT2D eigenvalue weighted by atomic mass is 9.98. The molecule has 1 aliphatic rings. The van der Waals surface area contributed by atoms with Gasteiger partial charge in [0, 0.05) is 11.2 Å². The largest absolute Gasteiger partial charge is 0.450 e. The molecule has 0 fully saturated rings. The highest BCUT2D eigenvalue weighted by Gasteiger charge is 2.44. The number of amides is 1. The number of para-hydroxylation sites is 1. The van der Waals surface area contributed by atoms with E-state index in [0.717, 1.165) is 5.56 Å². The van der Waals surface area contributed by atoms with E-state index in [-0.39, 0.29) is 16.8 Å². The van der Waals surface area contributed by atoms with Crippen LogP contribution in [0.2, 0.25) is 10.0 Å². The van der Waals surface area contributed by atoms with E-state index in [0.29, 0.717) is 26.8 Å². The number of fused-ring (bicyclic) bond motifs is 2. The van der Waals surface area contributed by atoms with Crippen LogP contribution in [-0.4, -0.2) is 10.9 Å². The van der Waals surface area contributed by atoms with Crippen molar-refractivity contribution in [3.63, 3.8) is 0 Å². The normalized spacial score (nSPS) is 15.7. The van der Waals surface area contributed by atoms with Gasteiger partial charge >= 0.3 is 0 Å². The van der Waals surface area contributed by atoms with Gasteiger partial charge in [-0.2, -0.15) is 0 Å². The number of rotatable bonds is 2. The van der Waals surface area contributed by atoms with Crippen LogP contribution in [0, 0.1) is 0 Å². The summed E-state index contributed by atoms with van der Waals surface area (Å²) in [5.74, 6) is -0.0442. The first kappa shape index (κ1) is 17.9. The standard InChI is InChI=1S/C22H12Cl2N2O3/c23-13-7-5-12(6-8-13)19-18-20(27)15-3-1-2-4-16(15)29-21(18)22(28)26(19)17-10-9-14(24)11-25-17/h1-11,19H. The Kier molecular flexibility index (Phi) is 4.15. The van der Waals surface area contributed by atoms with Crippen molar-refractivity contribution in [1.29, 1.82) is 0 Å². The van der Waals surface area contributed by atoms with Crippen LogP contribution < -0.4 is 10.3 Å². The number of carbonyl (C=O) groups is 1. The molecule has 1 atom stereocenters. The first-order chi connectivity index (χ1) is 14.0. The fourth-order valence-electron chi connectivity index (χ4n) is 3.63. The van der Waals surface area contributed by atoms with Gasteiger partial charge < -0.3 is 4.42 Å². The monoisotopic (exact) mass is 422 g/mol. The number of nitrogens with zero attached hydrogens (tertiary/aromatic N) is 2. The number of pyridine rings is 1. The first-order valence-electron chi connectivity index (χ1n) is 8.81. The van der Waals surface area contributed by atoms with E-state index in [4.69, 9.17) is 27.6 Å². The summed E-state index contributed by atoms with van der Waals surface area (Å²) in [6.45, 7) is 0. The minimum Gasteiger partial charge on any atom is -0.450 e. The Hall–Kier alpha value is -3.15. The summed E-state index contributed by atoms with van der Waals surface area (Å²) in [7, 11) is 0. The predicted octanol–water partition coefficient (Wildman–Crippen LogP) is 5.24. The molecule has 0 bridgehead atoms. The van der Waals surface area contributed by atoms with Gasteiger partial charge in [0.05, 0.1) is 22.0 Å². The van der Waals surface area contributed by atoms with Crippen molar-refractivity contribution in [2.75, 3.05) is 4.90 Å². The predicted molar refractivity (Wildman–Crippen MR) is 112 cm³/mol. The molecule has 1 amide bonds. The lowest BCUT2D eigenvalue weighted by Crippen LogP contribution is -2.30. The topological polar surface area (TPSA) is 63.4 Å². The van der Waals surface area contributed by atoms with Gasteiger partial charge in [-0.25, -0.2) is 4.98 Å². The highest BCUT2D eigenvalue weighted by Crippen LogP contribution is 2.40. The molecule has 7 heteroatoms. The van der Waals surface area contributed by atoms with Gasteiger partial charge in [0.2, 0.25) is 5.76 Å². The molecule has 142 valence electrons. The average molecular weight is 423 g/mol.